The van der Waals surface area contributed by atoms with Crippen molar-refractivity contribution in [1.29, 1.82) is 0 Å². The van der Waals surface area contributed by atoms with Crippen LogP contribution in [0.1, 0.15) is 49.2 Å². The molecule has 0 saturated carbocycles. The van der Waals surface area contributed by atoms with E-state index < -0.39 is 0 Å². The fraction of sp³-hybridized carbons (Fsp3) is 0.350. The third-order valence-corrected chi connectivity index (χ3v) is 3.67. The summed E-state index contributed by atoms with van der Waals surface area (Å²) in [5, 5.41) is 3.35. The molecule has 3 nitrogen and oxygen atoms in total. The number of hydrogen-bond donors (Lipinski definition) is 1. The van der Waals surface area contributed by atoms with Gasteiger partial charge in [-0.15, -0.1) is 0 Å². The van der Waals surface area contributed by atoms with Crippen molar-refractivity contribution in [1.82, 2.24) is 5.32 Å². The summed E-state index contributed by atoms with van der Waals surface area (Å²) in [5.74, 6) is 0.228. The second-order valence-corrected chi connectivity index (χ2v) is 6.93. The predicted octanol–water partition coefficient (Wildman–Crippen LogP) is 4.60. The van der Waals surface area contributed by atoms with Gasteiger partial charge in [-0.05, 0) is 48.7 Å². The normalized spacial score (nSPS) is 12.7. The first-order valence-corrected chi connectivity index (χ1v) is 7.93. The second-order valence-electron chi connectivity index (χ2n) is 6.93. The molecule has 0 saturated heterocycles. The molecule has 0 aliphatic rings. The lowest BCUT2D eigenvalue weighted by atomic mass is 9.85. The summed E-state index contributed by atoms with van der Waals surface area (Å²) in [6, 6.07) is 17.0. The van der Waals surface area contributed by atoms with Crippen LogP contribution >= 0.6 is 0 Å². The highest BCUT2D eigenvalue weighted by Crippen LogP contribution is 2.30. The first kappa shape index (κ1) is 17.2. The number of hydrogen-bond acceptors (Lipinski definition) is 3. The fourth-order valence-corrected chi connectivity index (χ4v) is 2.51. The van der Waals surface area contributed by atoms with E-state index in [0.717, 1.165) is 6.42 Å². The smallest absolute Gasteiger partial charge is 0.343 e. The standard InChI is InChI=1S/C20H25NO2/c1-20(2,3)14-18(21-4)15-10-12-17(13-11-15)23-19(22)16-8-6-5-7-9-16/h5-13,18,21H,14H2,1-4H3. The molecule has 0 aromatic heterocycles. The molecule has 2 aromatic rings. The van der Waals surface area contributed by atoms with E-state index in [1.807, 2.05) is 49.5 Å². The SMILES string of the molecule is CNC(CC(C)(C)C)c1ccc(OC(=O)c2ccccc2)cc1. The van der Waals surface area contributed by atoms with Crippen LogP contribution in [0.3, 0.4) is 0 Å². The first-order chi connectivity index (χ1) is 10.9. The van der Waals surface area contributed by atoms with E-state index >= 15 is 0 Å². The minimum absolute atomic E-state index is 0.242. The molecule has 23 heavy (non-hydrogen) atoms. The summed E-state index contributed by atoms with van der Waals surface area (Å²) in [4.78, 5) is 12.0. The summed E-state index contributed by atoms with van der Waals surface area (Å²) in [6.45, 7) is 6.69. The molecular formula is C20H25NO2. The monoisotopic (exact) mass is 311 g/mol. The molecule has 1 N–H and O–H groups in total. The molecule has 122 valence electrons. The van der Waals surface area contributed by atoms with Crippen molar-refractivity contribution < 1.29 is 9.53 Å². The molecule has 0 aliphatic carbocycles. The number of benzene rings is 2. The Hall–Kier alpha value is -2.13. The Labute approximate surface area is 138 Å². The third kappa shape index (κ3) is 5.22. The maximum Gasteiger partial charge on any atom is 0.343 e. The zero-order valence-corrected chi connectivity index (χ0v) is 14.3. The Kier molecular flexibility index (Phi) is 5.56. The summed E-state index contributed by atoms with van der Waals surface area (Å²) in [7, 11) is 1.97. The molecule has 2 rings (SSSR count). The Bertz CT molecular complexity index is 627. The van der Waals surface area contributed by atoms with Gasteiger partial charge in [-0.3, -0.25) is 0 Å². The molecule has 0 heterocycles. The Balaban J connectivity index is 2.05. The van der Waals surface area contributed by atoms with E-state index in [4.69, 9.17) is 4.74 Å². The highest BCUT2D eigenvalue weighted by molar-refractivity contribution is 5.90. The van der Waals surface area contributed by atoms with Crippen LogP contribution in [-0.4, -0.2) is 13.0 Å². The fourth-order valence-electron chi connectivity index (χ4n) is 2.51. The third-order valence-electron chi connectivity index (χ3n) is 3.67. The van der Waals surface area contributed by atoms with Gasteiger partial charge < -0.3 is 10.1 Å². The molecule has 0 bridgehead atoms. The summed E-state index contributed by atoms with van der Waals surface area (Å²) in [6.07, 6.45) is 1.03. The van der Waals surface area contributed by atoms with E-state index in [0.29, 0.717) is 11.3 Å². The number of carbonyl (C=O) groups is 1. The second kappa shape index (κ2) is 7.42. The molecule has 0 radical (unpaired) electrons. The lowest BCUT2D eigenvalue weighted by molar-refractivity contribution is 0.0734. The highest BCUT2D eigenvalue weighted by Gasteiger charge is 2.19. The molecule has 2 aromatic carbocycles. The van der Waals surface area contributed by atoms with Gasteiger partial charge in [0.25, 0.3) is 0 Å². The van der Waals surface area contributed by atoms with Crippen LogP contribution in [0.2, 0.25) is 0 Å². The van der Waals surface area contributed by atoms with E-state index in [2.05, 4.69) is 26.1 Å². The van der Waals surface area contributed by atoms with Gasteiger partial charge in [0.05, 0.1) is 5.56 Å². The van der Waals surface area contributed by atoms with E-state index in [1.54, 1.807) is 12.1 Å². The largest absolute Gasteiger partial charge is 0.423 e. The number of rotatable bonds is 5. The van der Waals surface area contributed by atoms with Crippen LogP contribution < -0.4 is 10.1 Å². The number of carbonyl (C=O) groups excluding carboxylic acids is 1. The molecule has 1 atom stereocenters. The zero-order chi connectivity index (χ0) is 16.9. The highest BCUT2D eigenvalue weighted by atomic mass is 16.5. The minimum Gasteiger partial charge on any atom is -0.423 e. The van der Waals surface area contributed by atoms with Crippen LogP contribution in [0.25, 0.3) is 0 Å². The molecule has 0 spiro atoms. The Morgan fingerprint density at radius 3 is 2.17 bits per heavy atom. The molecule has 0 amide bonds. The summed E-state index contributed by atoms with van der Waals surface area (Å²) < 4.78 is 5.41. The van der Waals surface area contributed by atoms with Crippen LogP contribution in [0, 0.1) is 5.41 Å². The topological polar surface area (TPSA) is 38.3 Å². The van der Waals surface area contributed by atoms with Gasteiger partial charge in [0.15, 0.2) is 0 Å². The van der Waals surface area contributed by atoms with Crippen molar-refractivity contribution in [2.45, 2.75) is 33.2 Å². The van der Waals surface area contributed by atoms with Crippen molar-refractivity contribution in [3.8, 4) is 5.75 Å². The average Bonchev–Trinajstić information content (AvgIpc) is 2.53. The summed E-state index contributed by atoms with van der Waals surface area (Å²) >= 11 is 0. The van der Waals surface area contributed by atoms with E-state index in [9.17, 15) is 4.79 Å². The van der Waals surface area contributed by atoms with Crippen molar-refractivity contribution in [3.63, 3.8) is 0 Å². The molecular weight excluding hydrogens is 286 g/mol. The van der Waals surface area contributed by atoms with Gasteiger partial charge in [0, 0.05) is 6.04 Å². The average molecular weight is 311 g/mol. The van der Waals surface area contributed by atoms with E-state index in [-0.39, 0.29) is 17.4 Å². The van der Waals surface area contributed by atoms with E-state index in [1.165, 1.54) is 5.56 Å². The molecule has 1 unspecified atom stereocenters. The molecule has 0 fully saturated rings. The maximum absolute atomic E-state index is 12.0. The number of ether oxygens (including phenoxy) is 1. The first-order valence-electron chi connectivity index (χ1n) is 7.93. The maximum atomic E-state index is 12.0. The predicted molar refractivity (Wildman–Crippen MR) is 93.7 cm³/mol. The lowest BCUT2D eigenvalue weighted by Crippen LogP contribution is -2.22. The summed E-state index contributed by atoms with van der Waals surface area (Å²) in [5.41, 5.74) is 1.99. The van der Waals surface area contributed by atoms with Crippen molar-refractivity contribution in [3.05, 3.63) is 65.7 Å². The zero-order valence-electron chi connectivity index (χ0n) is 14.3. The minimum atomic E-state index is -0.335. The van der Waals surface area contributed by atoms with Gasteiger partial charge in [0.1, 0.15) is 5.75 Å². The van der Waals surface area contributed by atoms with Crippen LogP contribution in [0.4, 0.5) is 0 Å². The van der Waals surface area contributed by atoms with Crippen molar-refractivity contribution in [2.24, 2.45) is 5.41 Å². The van der Waals surface area contributed by atoms with Gasteiger partial charge >= 0.3 is 5.97 Å². The molecule has 3 heteroatoms. The van der Waals surface area contributed by atoms with Crippen molar-refractivity contribution >= 4 is 5.97 Å². The van der Waals surface area contributed by atoms with Crippen LogP contribution in [0.5, 0.6) is 5.75 Å². The molecule has 0 aliphatic heterocycles. The van der Waals surface area contributed by atoms with Crippen molar-refractivity contribution in [2.75, 3.05) is 7.05 Å². The number of nitrogens with one attached hydrogen (secondary N) is 1. The quantitative estimate of drug-likeness (QED) is 0.647. The lowest BCUT2D eigenvalue weighted by Gasteiger charge is -2.26. The van der Waals surface area contributed by atoms with Crippen LogP contribution in [-0.2, 0) is 0 Å². The van der Waals surface area contributed by atoms with Gasteiger partial charge in [-0.1, -0.05) is 51.1 Å². The number of esters is 1. The van der Waals surface area contributed by atoms with Gasteiger partial charge in [-0.25, -0.2) is 4.79 Å². The Morgan fingerprint density at radius 1 is 1.04 bits per heavy atom. The van der Waals surface area contributed by atoms with Gasteiger partial charge in [-0.2, -0.15) is 0 Å². The van der Waals surface area contributed by atoms with Crippen LogP contribution in [0.15, 0.2) is 54.6 Å². The van der Waals surface area contributed by atoms with Gasteiger partial charge in [0.2, 0.25) is 0 Å². The Morgan fingerprint density at radius 2 is 1.65 bits per heavy atom.